The molecule has 44 heavy (non-hydrogen) atoms. The van der Waals surface area contributed by atoms with Crippen molar-refractivity contribution in [3.63, 3.8) is 0 Å². The van der Waals surface area contributed by atoms with Crippen LogP contribution in [0.1, 0.15) is 56.4 Å². The van der Waals surface area contributed by atoms with Crippen LogP contribution in [-0.2, 0) is 0 Å². The Kier molecular flexibility index (Phi) is 9.56. The first-order valence-electron chi connectivity index (χ1n) is 14.1. The summed E-state index contributed by atoms with van der Waals surface area (Å²) in [6.45, 7) is 2.92. The number of nitrogens with zero attached hydrogens (tertiary/aromatic N) is 2. The van der Waals surface area contributed by atoms with Crippen molar-refractivity contribution < 1.29 is 23.9 Å². The lowest BCUT2D eigenvalue weighted by Gasteiger charge is -2.24. The second-order valence-corrected chi connectivity index (χ2v) is 10.4. The van der Waals surface area contributed by atoms with Crippen molar-refractivity contribution in [2.45, 2.75) is 19.8 Å². The smallest absolute Gasteiger partial charge is 0.273 e. The Morgan fingerprint density at radius 2 is 1.36 bits per heavy atom. The molecule has 2 N–H and O–H groups in total. The van der Waals surface area contributed by atoms with Crippen molar-refractivity contribution in [3.8, 4) is 11.5 Å². The lowest BCUT2D eigenvalue weighted by Crippen LogP contribution is -2.32. The molecule has 1 aliphatic rings. The molecule has 1 heterocycles. The predicted octanol–water partition coefficient (Wildman–Crippen LogP) is 6.89. The van der Waals surface area contributed by atoms with Gasteiger partial charge in [0.05, 0.1) is 19.4 Å². The van der Waals surface area contributed by atoms with Crippen molar-refractivity contribution in [2.75, 3.05) is 30.9 Å². The first kappa shape index (κ1) is 30.3. The van der Waals surface area contributed by atoms with Gasteiger partial charge in [0.1, 0.15) is 0 Å². The number of carbonyl (C=O) groups excluding carboxylic acids is 3. The standard InChI is InChI=1S/C34H31ClN4O5/c1-3-44-31-21-25(12-19-30(31)43-2)29-5-4-20-39(38-29)34(42)24-10-17-28(18-11-24)37-33(41)23-8-15-27(16-9-23)36-32(40)22-6-13-26(35)14-7-22/h6-19,21H,3-5,20H2,1-2H3,(H,36,40)(H,37,41). The van der Waals surface area contributed by atoms with Gasteiger partial charge in [-0.15, -0.1) is 0 Å². The number of anilines is 2. The Morgan fingerprint density at radius 1 is 0.795 bits per heavy atom. The lowest BCUT2D eigenvalue weighted by molar-refractivity contribution is 0.0751. The second kappa shape index (κ2) is 13.9. The van der Waals surface area contributed by atoms with E-state index >= 15 is 0 Å². The summed E-state index contributed by atoms with van der Waals surface area (Å²) in [4.78, 5) is 38.5. The van der Waals surface area contributed by atoms with E-state index in [2.05, 4.69) is 15.7 Å². The summed E-state index contributed by atoms with van der Waals surface area (Å²) >= 11 is 5.88. The molecule has 0 atom stereocenters. The molecular formula is C34H31ClN4O5. The zero-order chi connectivity index (χ0) is 31.1. The number of hydrazone groups is 1. The van der Waals surface area contributed by atoms with Gasteiger partial charge in [-0.2, -0.15) is 5.10 Å². The number of carbonyl (C=O) groups is 3. The van der Waals surface area contributed by atoms with Gasteiger partial charge in [-0.3, -0.25) is 14.4 Å². The molecule has 3 amide bonds. The van der Waals surface area contributed by atoms with Crippen LogP contribution in [0.3, 0.4) is 0 Å². The largest absolute Gasteiger partial charge is 0.493 e. The molecular weight excluding hydrogens is 580 g/mol. The zero-order valence-electron chi connectivity index (χ0n) is 24.3. The molecule has 1 aliphatic heterocycles. The van der Waals surface area contributed by atoms with Crippen molar-refractivity contribution in [2.24, 2.45) is 5.10 Å². The minimum atomic E-state index is -0.323. The van der Waals surface area contributed by atoms with E-state index in [1.807, 2.05) is 25.1 Å². The molecule has 9 nitrogen and oxygen atoms in total. The molecule has 10 heteroatoms. The number of benzene rings is 4. The molecule has 224 valence electrons. The summed E-state index contributed by atoms with van der Waals surface area (Å²) in [6, 6.07) is 25.4. The van der Waals surface area contributed by atoms with E-state index in [1.54, 1.807) is 79.9 Å². The van der Waals surface area contributed by atoms with Gasteiger partial charge in [0, 0.05) is 45.2 Å². The third-order valence-corrected chi connectivity index (χ3v) is 7.21. The van der Waals surface area contributed by atoms with E-state index < -0.39 is 0 Å². The Morgan fingerprint density at radius 3 is 1.93 bits per heavy atom. The minimum Gasteiger partial charge on any atom is -0.493 e. The van der Waals surface area contributed by atoms with Gasteiger partial charge in [-0.05, 0) is 111 Å². The van der Waals surface area contributed by atoms with Gasteiger partial charge >= 0.3 is 0 Å². The molecule has 0 aliphatic carbocycles. The van der Waals surface area contributed by atoms with Crippen LogP contribution >= 0.6 is 11.6 Å². The van der Waals surface area contributed by atoms with Crippen LogP contribution in [0.4, 0.5) is 11.4 Å². The number of hydrogen-bond donors (Lipinski definition) is 2. The summed E-state index contributed by atoms with van der Waals surface area (Å²) in [5.74, 6) is 0.443. The molecule has 0 bridgehead atoms. The van der Waals surface area contributed by atoms with E-state index in [1.165, 1.54) is 5.01 Å². The number of hydrogen-bond acceptors (Lipinski definition) is 6. The van der Waals surface area contributed by atoms with Gasteiger partial charge in [0.2, 0.25) is 0 Å². The van der Waals surface area contributed by atoms with Crippen LogP contribution in [0.25, 0.3) is 0 Å². The average Bonchev–Trinajstić information content (AvgIpc) is 3.05. The molecule has 0 aromatic heterocycles. The molecule has 0 spiro atoms. The van der Waals surface area contributed by atoms with Crippen LogP contribution < -0.4 is 20.1 Å². The number of halogens is 1. The quantitative estimate of drug-likeness (QED) is 0.214. The fourth-order valence-corrected chi connectivity index (χ4v) is 4.80. The second-order valence-electron chi connectivity index (χ2n) is 9.95. The first-order valence-corrected chi connectivity index (χ1v) is 14.5. The van der Waals surface area contributed by atoms with Crippen LogP contribution in [0.2, 0.25) is 5.02 Å². The highest BCUT2D eigenvalue weighted by Gasteiger charge is 2.22. The summed E-state index contributed by atoms with van der Waals surface area (Å²) in [7, 11) is 1.59. The van der Waals surface area contributed by atoms with Crippen LogP contribution in [0.15, 0.2) is 96.1 Å². The van der Waals surface area contributed by atoms with Crippen molar-refractivity contribution in [3.05, 3.63) is 118 Å². The molecule has 0 saturated heterocycles. The highest BCUT2D eigenvalue weighted by Crippen LogP contribution is 2.30. The van der Waals surface area contributed by atoms with Gasteiger partial charge < -0.3 is 20.1 Å². The fourth-order valence-electron chi connectivity index (χ4n) is 4.67. The van der Waals surface area contributed by atoms with Crippen molar-refractivity contribution in [1.82, 2.24) is 5.01 Å². The summed E-state index contributed by atoms with van der Waals surface area (Å²) in [5, 5.41) is 12.3. The minimum absolute atomic E-state index is 0.227. The Hall–Kier alpha value is -5.15. The molecule has 0 radical (unpaired) electrons. The maximum atomic E-state index is 13.3. The van der Waals surface area contributed by atoms with Gasteiger partial charge in [-0.25, -0.2) is 5.01 Å². The maximum absolute atomic E-state index is 13.3. The Labute approximate surface area is 260 Å². The normalized spacial score (nSPS) is 12.6. The monoisotopic (exact) mass is 610 g/mol. The van der Waals surface area contributed by atoms with Crippen LogP contribution in [0, 0.1) is 0 Å². The van der Waals surface area contributed by atoms with E-state index in [4.69, 9.17) is 21.1 Å². The molecule has 4 aromatic carbocycles. The summed E-state index contributed by atoms with van der Waals surface area (Å²) in [6.07, 6.45) is 1.51. The van der Waals surface area contributed by atoms with E-state index in [9.17, 15) is 14.4 Å². The SMILES string of the molecule is CCOc1cc(C2=NN(C(=O)c3ccc(NC(=O)c4ccc(NC(=O)c5ccc(Cl)cc5)cc4)cc3)CCC2)ccc1OC. The number of methoxy groups -OCH3 is 1. The topological polar surface area (TPSA) is 109 Å². The summed E-state index contributed by atoms with van der Waals surface area (Å²) in [5.41, 5.74) is 4.11. The number of amides is 3. The van der Waals surface area contributed by atoms with E-state index in [0.29, 0.717) is 57.7 Å². The first-order chi connectivity index (χ1) is 21.3. The van der Waals surface area contributed by atoms with Crippen molar-refractivity contribution >= 4 is 46.4 Å². The lowest BCUT2D eigenvalue weighted by atomic mass is 10.0. The molecule has 4 aromatic rings. The highest BCUT2D eigenvalue weighted by atomic mass is 35.5. The predicted molar refractivity (Wildman–Crippen MR) is 171 cm³/mol. The molecule has 5 rings (SSSR count). The third-order valence-electron chi connectivity index (χ3n) is 6.96. The van der Waals surface area contributed by atoms with E-state index in [0.717, 1.165) is 24.1 Å². The van der Waals surface area contributed by atoms with Gasteiger partial charge in [-0.1, -0.05) is 11.6 Å². The third kappa shape index (κ3) is 7.25. The molecule has 0 fully saturated rings. The zero-order valence-corrected chi connectivity index (χ0v) is 25.1. The van der Waals surface area contributed by atoms with Gasteiger partial charge in [0.25, 0.3) is 17.7 Å². The van der Waals surface area contributed by atoms with Gasteiger partial charge in [0.15, 0.2) is 11.5 Å². The van der Waals surface area contributed by atoms with E-state index in [-0.39, 0.29) is 17.7 Å². The Balaban J connectivity index is 1.20. The molecule has 0 saturated carbocycles. The maximum Gasteiger partial charge on any atom is 0.273 e. The number of rotatable bonds is 9. The van der Waals surface area contributed by atoms with Crippen LogP contribution in [0.5, 0.6) is 11.5 Å². The van der Waals surface area contributed by atoms with Crippen LogP contribution in [-0.4, -0.2) is 48.7 Å². The fraction of sp³-hybridized carbons (Fsp3) is 0.176. The number of nitrogens with one attached hydrogen (secondary N) is 2. The van der Waals surface area contributed by atoms with Crippen molar-refractivity contribution in [1.29, 1.82) is 0 Å². The Bertz CT molecular complexity index is 1690. The molecule has 0 unspecified atom stereocenters. The average molecular weight is 611 g/mol. The highest BCUT2D eigenvalue weighted by molar-refractivity contribution is 6.30. The number of ether oxygens (including phenoxy) is 2. The summed E-state index contributed by atoms with van der Waals surface area (Å²) < 4.78 is 11.1.